The molecule has 0 aliphatic heterocycles. The van der Waals surface area contributed by atoms with Crippen LogP contribution in [0.4, 0.5) is 8.78 Å². The van der Waals surface area contributed by atoms with Crippen molar-refractivity contribution < 1.29 is 13.6 Å². The first-order valence-electron chi connectivity index (χ1n) is 9.97. The number of benzene rings is 3. The first-order valence-corrected chi connectivity index (χ1v) is 9.97. The molecule has 0 spiro atoms. The Labute approximate surface area is 179 Å². The molecule has 0 aliphatic rings. The molecule has 0 saturated heterocycles. The predicted octanol–water partition coefficient (Wildman–Crippen LogP) is 4.85. The number of hydrogen-bond donors (Lipinski definition) is 1. The second-order valence-electron chi connectivity index (χ2n) is 7.23. The van der Waals surface area contributed by atoms with Crippen molar-refractivity contribution >= 4 is 5.91 Å². The Morgan fingerprint density at radius 3 is 2.35 bits per heavy atom. The summed E-state index contributed by atoms with van der Waals surface area (Å²) in [7, 11) is 0. The Hall–Kier alpha value is -3.80. The van der Waals surface area contributed by atoms with Gasteiger partial charge in [-0.1, -0.05) is 42.5 Å². The van der Waals surface area contributed by atoms with Crippen LogP contribution in [0.5, 0.6) is 0 Å². The van der Waals surface area contributed by atoms with Crippen molar-refractivity contribution in [1.82, 2.24) is 15.1 Å². The highest BCUT2D eigenvalue weighted by atomic mass is 19.1. The van der Waals surface area contributed by atoms with Crippen LogP contribution in [0, 0.1) is 11.6 Å². The van der Waals surface area contributed by atoms with Gasteiger partial charge in [0.2, 0.25) is 0 Å². The van der Waals surface area contributed by atoms with Crippen LogP contribution >= 0.6 is 0 Å². The molecular formula is C25H21F2N3O. The molecular weight excluding hydrogens is 396 g/mol. The number of carbonyl (C=O) groups is 1. The van der Waals surface area contributed by atoms with Crippen molar-refractivity contribution in [2.24, 2.45) is 0 Å². The standard InChI is InChI=1S/C25H21F2N3O/c26-21-14-19(15-22(27)16-21)10-12-28-25(31)24-5-2-1-4-23(24)20-8-6-18(7-9-20)17-30-13-3-11-29-30/h1-9,11,13-16H,10,12,17H2,(H,28,31). The van der Waals surface area contributed by atoms with Crippen molar-refractivity contribution in [3.05, 3.63) is 114 Å². The van der Waals surface area contributed by atoms with Gasteiger partial charge in [-0.25, -0.2) is 8.78 Å². The number of aromatic nitrogens is 2. The van der Waals surface area contributed by atoms with E-state index < -0.39 is 11.6 Å². The maximum absolute atomic E-state index is 13.3. The van der Waals surface area contributed by atoms with Crippen LogP contribution in [0.2, 0.25) is 0 Å². The third-order valence-corrected chi connectivity index (χ3v) is 4.96. The molecule has 1 heterocycles. The zero-order chi connectivity index (χ0) is 21.6. The van der Waals surface area contributed by atoms with Crippen LogP contribution in [0.3, 0.4) is 0 Å². The van der Waals surface area contributed by atoms with Gasteiger partial charge in [-0.15, -0.1) is 0 Å². The van der Waals surface area contributed by atoms with Gasteiger partial charge in [-0.05, 0) is 52.9 Å². The fourth-order valence-electron chi connectivity index (χ4n) is 3.47. The Morgan fingerprint density at radius 2 is 1.65 bits per heavy atom. The number of nitrogens with one attached hydrogen (secondary N) is 1. The quantitative estimate of drug-likeness (QED) is 0.467. The Morgan fingerprint density at radius 1 is 0.903 bits per heavy atom. The van der Waals surface area contributed by atoms with E-state index in [-0.39, 0.29) is 12.5 Å². The smallest absolute Gasteiger partial charge is 0.251 e. The largest absolute Gasteiger partial charge is 0.352 e. The lowest BCUT2D eigenvalue weighted by Gasteiger charge is -2.11. The average molecular weight is 417 g/mol. The van der Waals surface area contributed by atoms with Gasteiger partial charge in [0.15, 0.2) is 0 Å². The molecule has 4 nitrogen and oxygen atoms in total. The molecule has 1 amide bonds. The molecule has 4 aromatic rings. The Kier molecular flexibility index (Phi) is 6.17. The SMILES string of the molecule is O=C(NCCc1cc(F)cc(F)c1)c1ccccc1-c1ccc(Cn2cccn2)cc1. The van der Waals surface area contributed by atoms with Crippen LogP contribution in [0.15, 0.2) is 85.2 Å². The third kappa shape index (κ3) is 5.22. The van der Waals surface area contributed by atoms with Crippen molar-refractivity contribution in [3.63, 3.8) is 0 Å². The summed E-state index contributed by atoms with van der Waals surface area (Å²) in [6.07, 6.45) is 3.99. The van der Waals surface area contributed by atoms with E-state index in [0.717, 1.165) is 22.8 Å². The zero-order valence-corrected chi connectivity index (χ0v) is 16.8. The lowest BCUT2D eigenvalue weighted by molar-refractivity contribution is 0.0955. The van der Waals surface area contributed by atoms with E-state index in [2.05, 4.69) is 10.4 Å². The number of nitrogens with zero attached hydrogens (tertiary/aromatic N) is 2. The van der Waals surface area contributed by atoms with Crippen molar-refractivity contribution in [1.29, 1.82) is 0 Å². The lowest BCUT2D eigenvalue weighted by atomic mass is 9.98. The highest BCUT2D eigenvalue weighted by Gasteiger charge is 2.12. The fraction of sp³-hybridized carbons (Fsp3) is 0.120. The summed E-state index contributed by atoms with van der Waals surface area (Å²) in [5, 5.41) is 7.05. The fourth-order valence-corrected chi connectivity index (χ4v) is 3.47. The molecule has 6 heteroatoms. The summed E-state index contributed by atoms with van der Waals surface area (Å²) in [6.45, 7) is 0.953. The molecule has 156 valence electrons. The highest BCUT2D eigenvalue weighted by Crippen LogP contribution is 2.24. The maximum Gasteiger partial charge on any atom is 0.251 e. The van der Waals surface area contributed by atoms with Gasteiger partial charge in [0.1, 0.15) is 11.6 Å². The second-order valence-corrected chi connectivity index (χ2v) is 7.23. The molecule has 0 radical (unpaired) electrons. The first-order chi connectivity index (χ1) is 15.1. The van der Waals surface area contributed by atoms with Crippen molar-refractivity contribution in [2.75, 3.05) is 6.54 Å². The molecule has 0 aliphatic carbocycles. The van der Waals surface area contributed by atoms with Crippen LogP contribution in [0.1, 0.15) is 21.5 Å². The van der Waals surface area contributed by atoms with E-state index in [1.807, 2.05) is 59.4 Å². The monoisotopic (exact) mass is 417 g/mol. The highest BCUT2D eigenvalue weighted by molar-refractivity contribution is 6.00. The summed E-state index contributed by atoms with van der Waals surface area (Å²) in [6, 6.07) is 20.6. The van der Waals surface area contributed by atoms with E-state index in [9.17, 15) is 13.6 Å². The van der Waals surface area contributed by atoms with Gasteiger partial charge in [0, 0.05) is 30.6 Å². The van der Waals surface area contributed by atoms with E-state index in [4.69, 9.17) is 0 Å². The van der Waals surface area contributed by atoms with Gasteiger partial charge in [0.25, 0.3) is 5.91 Å². The third-order valence-electron chi connectivity index (χ3n) is 4.96. The number of carbonyl (C=O) groups excluding carboxylic acids is 1. The average Bonchev–Trinajstić information content (AvgIpc) is 3.27. The van der Waals surface area contributed by atoms with Gasteiger partial charge >= 0.3 is 0 Å². The van der Waals surface area contributed by atoms with Crippen molar-refractivity contribution in [2.45, 2.75) is 13.0 Å². The van der Waals surface area contributed by atoms with E-state index >= 15 is 0 Å². The molecule has 31 heavy (non-hydrogen) atoms. The number of amides is 1. The van der Waals surface area contributed by atoms with Crippen LogP contribution in [-0.4, -0.2) is 22.2 Å². The summed E-state index contributed by atoms with van der Waals surface area (Å²) in [4.78, 5) is 12.8. The molecule has 1 N–H and O–H groups in total. The summed E-state index contributed by atoms with van der Waals surface area (Å²) in [5.41, 5.74) is 3.91. The molecule has 1 aromatic heterocycles. The van der Waals surface area contributed by atoms with E-state index in [0.29, 0.717) is 24.1 Å². The predicted molar refractivity (Wildman–Crippen MR) is 116 cm³/mol. The minimum absolute atomic E-state index is 0.229. The second kappa shape index (κ2) is 9.34. The normalized spacial score (nSPS) is 10.8. The summed E-state index contributed by atoms with van der Waals surface area (Å²) < 4.78 is 28.5. The number of hydrogen-bond acceptors (Lipinski definition) is 2. The molecule has 0 atom stereocenters. The summed E-state index contributed by atoms with van der Waals surface area (Å²) >= 11 is 0. The van der Waals surface area contributed by atoms with Gasteiger partial charge < -0.3 is 5.32 Å². The first kappa shape index (κ1) is 20.5. The minimum atomic E-state index is -0.623. The Bertz CT molecular complexity index is 1150. The molecule has 0 bridgehead atoms. The van der Waals surface area contributed by atoms with Gasteiger partial charge in [-0.2, -0.15) is 5.10 Å². The van der Waals surface area contributed by atoms with E-state index in [1.165, 1.54) is 12.1 Å². The van der Waals surface area contributed by atoms with Crippen LogP contribution in [0.25, 0.3) is 11.1 Å². The molecule has 0 unspecified atom stereocenters. The molecule has 3 aromatic carbocycles. The molecule has 0 saturated carbocycles. The summed E-state index contributed by atoms with van der Waals surface area (Å²) in [5.74, 6) is -1.47. The topological polar surface area (TPSA) is 46.9 Å². The minimum Gasteiger partial charge on any atom is -0.352 e. The van der Waals surface area contributed by atoms with Crippen molar-refractivity contribution in [3.8, 4) is 11.1 Å². The number of rotatable bonds is 7. The lowest BCUT2D eigenvalue weighted by Crippen LogP contribution is -2.26. The zero-order valence-electron chi connectivity index (χ0n) is 16.8. The maximum atomic E-state index is 13.3. The van der Waals surface area contributed by atoms with Crippen LogP contribution < -0.4 is 5.32 Å². The molecule has 4 rings (SSSR count). The van der Waals surface area contributed by atoms with Gasteiger partial charge in [-0.3, -0.25) is 9.48 Å². The Balaban J connectivity index is 1.44. The molecule has 0 fully saturated rings. The van der Waals surface area contributed by atoms with Gasteiger partial charge in [0.05, 0.1) is 6.54 Å². The van der Waals surface area contributed by atoms with Crippen LogP contribution in [-0.2, 0) is 13.0 Å². The number of halogens is 2. The van der Waals surface area contributed by atoms with E-state index in [1.54, 1.807) is 12.3 Å².